The highest BCUT2D eigenvalue weighted by Gasteiger charge is 2.29. The summed E-state index contributed by atoms with van der Waals surface area (Å²) in [4.78, 5) is 33.7. The molecule has 0 bridgehead atoms. The van der Waals surface area contributed by atoms with E-state index >= 15 is 0 Å². The summed E-state index contributed by atoms with van der Waals surface area (Å²) in [6.07, 6.45) is 0. The van der Waals surface area contributed by atoms with Crippen LogP contribution < -0.4 is 20.9 Å². The van der Waals surface area contributed by atoms with Gasteiger partial charge in [0.25, 0.3) is 5.56 Å². The molecule has 4 aromatic rings. The second-order valence-corrected chi connectivity index (χ2v) is 9.06. The van der Waals surface area contributed by atoms with Gasteiger partial charge in [0.2, 0.25) is 5.95 Å². The topological polar surface area (TPSA) is 74.3 Å². The van der Waals surface area contributed by atoms with E-state index in [1.165, 1.54) is 9.13 Å². The molecule has 8 nitrogen and oxygen atoms in total. The van der Waals surface area contributed by atoms with E-state index in [2.05, 4.69) is 11.8 Å². The molecule has 0 N–H and O–H groups in total. The molecule has 34 heavy (non-hydrogen) atoms. The maximum atomic E-state index is 13.6. The summed E-state index contributed by atoms with van der Waals surface area (Å²) < 4.78 is 10.3. The van der Waals surface area contributed by atoms with Crippen LogP contribution in [0.15, 0.2) is 58.1 Å². The SMILES string of the molecule is CCOc1ccc(N2C[C@@H](C)Cn3c2nc2c3c(=O)n(Cc3ccc(C)cc3)c(=O)n2C)cc1. The van der Waals surface area contributed by atoms with Gasteiger partial charge in [-0.15, -0.1) is 0 Å². The summed E-state index contributed by atoms with van der Waals surface area (Å²) in [5.74, 6) is 1.78. The van der Waals surface area contributed by atoms with Gasteiger partial charge in [0, 0.05) is 25.8 Å². The summed E-state index contributed by atoms with van der Waals surface area (Å²) in [6, 6.07) is 15.8. The summed E-state index contributed by atoms with van der Waals surface area (Å²) in [6.45, 7) is 8.39. The third-order valence-electron chi connectivity index (χ3n) is 6.36. The van der Waals surface area contributed by atoms with Crippen LogP contribution in [0, 0.1) is 12.8 Å². The number of fused-ring (bicyclic) bond motifs is 3. The van der Waals surface area contributed by atoms with E-state index in [0.717, 1.165) is 29.1 Å². The summed E-state index contributed by atoms with van der Waals surface area (Å²) in [5.41, 5.74) is 3.21. The molecule has 0 aliphatic carbocycles. The van der Waals surface area contributed by atoms with Crippen molar-refractivity contribution >= 4 is 22.8 Å². The van der Waals surface area contributed by atoms with Crippen molar-refractivity contribution in [2.45, 2.75) is 33.9 Å². The van der Waals surface area contributed by atoms with Crippen LogP contribution in [0.25, 0.3) is 11.2 Å². The molecule has 0 saturated heterocycles. The molecule has 176 valence electrons. The predicted octanol–water partition coefficient (Wildman–Crippen LogP) is 3.44. The lowest BCUT2D eigenvalue weighted by atomic mass is 10.1. The van der Waals surface area contributed by atoms with Crippen molar-refractivity contribution in [1.82, 2.24) is 18.7 Å². The van der Waals surface area contributed by atoms with Crippen LogP contribution in [0.4, 0.5) is 11.6 Å². The molecule has 2 aromatic heterocycles. The lowest BCUT2D eigenvalue weighted by Gasteiger charge is -2.33. The van der Waals surface area contributed by atoms with Gasteiger partial charge in [0.05, 0.1) is 13.2 Å². The molecule has 0 saturated carbocycles. The van der Waals surface area contributed by atoms with Gasteiger partial charge >= 0.3 is 5.69 Å². The molecule has 0 spiro atoms. The Labute approximate surface area is 197 Å². The lowest BCUT2D eigenvalue weighted by Crippen LogP contribution is -2.40. The lowest BCUT2D eigenvalue weighted by molar-refractivity contribution is 0.340. The standard InChI is InChI=1S/C26H29N5O3/c1-5-34-21-12-10-20(11-13-21)29-14-18(3)15-30-22-23(27-25(29)30)28(4)26(33)31(24(22)32)16-19-8-6-17(2)7-9-19/h6-13,18H,5,14-16H2,1-4H3/t18-/m1/s1. The van der Waals surface area contributed by atoms with Crippen molar-refractivity contribution in [3.63, 3.8) is 0 Å². The highest BCUT2D eigenvalue weighted by molar-refractivity contribution is 5.77. The van der Waals surface area contributed by atoms with Crippen molar-refractivity contribution in [2.24, 2.45) is 13.0 Å². The van der Waals surface area contributed by atoms with Crippen LogP contribution in [0.2, 0.25) is 0 Å². The highest BCUT2D eigenvalue weighted by Crippen LogP contribution is 2.33. The van der Waals surface area contributed by atoms with E-state index < -0.39 is 0 Å². The fourth-order valence-corrected chi connectivity index (χ4v) is 4.63. The zero-order valence-corrected chi connectivity index (χ0v) is 20.0. The summed E-state index contributed by atoms with van der Waals surface area (Å²) in [5, 5.41) is 0. The molecular weight excluding hydrogens is 430 g/mol. The zero-order valence-electron chi connectivity index (χ0n) is 20.0. The Bertz CT molecular complexity index is 1460. The first-order valence-corrected chi connectivity index (χ1v) is 11.6. The molecule has 0 unspecified atom stereocenters. The maximum absolute atomic E-state index is 13.6. The average Bonchev–Trinajstić information content (AvgIpc) is 3.21. The molecule has 1 aliphatic heterocycles. The number of aryl methyl sites for hydroxylation is 2. The molecule has 2 aromatic carbocycles. The Morgan fingerprint density at radius 3 is 2.41 bits per heavy atom. The fourth-order valence-electron chi connectivity index (χ4n) is 4.63. The van der Waals surface area contributed by atoms with E-state index in [1.807, 2.05) is 66.9 Å². The van der Waals surface area contributed by atoms with Crippen molar-refractivity contribution in [2.75, 3.05) is 18.1 Å². The van der Waals surface area contributed by atoms with E-state index in [9.17, 15) is 9.59 Å². The number of nitrogens with zero attached hydrogens (tertiary/aromatic N) is 5. The first kappa shape index (κ1) is 22.0. The second kappa shape index (κ2) is 8.52. The Balaban J connectivity index is 1.65. The first-order chi connectivity index (χ1) is 16.4. The normalized spacial score (nSPS) is 15.5. The molecule has 0 amide bonds. The Kier molecular flexibility index (Phi) is 5.51. The first-order valence-electron chi connectivity index (χ1n) is 11.6. The minimum Gasteiger partial charge on any atom is -0.494 e. The van der Waals surface area contributed by atoms with Crippen molar-refractivity contribution < 1.29 is 4.74 Å². The maximum Gasteiger partial charge on any atom is 0.332 e. The molecule has 0 fully saturated rings. The van der Waals surface area contributed by atoms with E-state index in [-0.39, 0.29) is 17.8 Å². The van der Waals surface area contributed by atoms with Crippen LogP contribution in [-0.4, -0.2) is 31.8 Å². The zero-order chi connectivity index (χ0) is 24.0. The summed E-state index contributed by atoms with van der Waals surface area (Å²) >= 11 is 0. The van der Waals surface area contributed by atoms with Gasteiger partial charge in [-0.1, -0.05) is 36.8 Å². The van der Waals surface area contributed by atoms with E-state index in [1.54, 1.807) is 7.05 Å². The van der Waals surface area contributed by atoms with Gasteiger partial charge in [-0.25, -0.2) is 4.79 Å². The highest BCUT2D eigenvalue weighted by atomic mass is 16.5. The fraction of sp³-hybridized carbons (Fsp3) is 0.346. The third-order valence-corrected chi connectivity index (χ3v) is 6.36. The minimum absolute atomic E-state index is 0.223. The molecule has 1 atom stereocenters. The minimum atomic E-state index is -0.366. The molecule has 3 heterocycles. The van der Waals surface area contributed by atoms with Crippen LogP contribution in [0.1, 0.15) is 25.0 Å². The van der Waals surface area contributed by atoms with Gasteiger partial charge in [-0.2, -0.15) is 4.98 Å². The second-order valence-electron chi connectivity index (χ2n) is 9.06. The van der Waals surface area contributed by atoms with Crippen molar-refractivity contribution in [3.05, 3.63) is 80.5 Å². The number of anilines is 2. The summed E-state index contributed by atoms with van der Waals surface area (Å²) in [7, 11) is 1.68. The van der Waals surface area contributed by atoms with Crippen molar-refractivity contribution in [3.8, 4) is 5.75 Å². The van der Waals surface area contributed by atoms with Crippen molar-refractivity contribution in [1.29, 1.82) is 0 Å². The van der Waals surface area contributed by atoms with Gasteiger partial charge < -0.3 is 14.2 Å². The van der Waals surface area contributed by atoms with Crippen LogP contribution in [0.3, 0.4) is 0 Å². The predicted molar refractivity (Wildman–Crippen MR) is 133 cm³/mol. The van der Waals surface area contributed by atoms with E-state index in [4.69, 9.17) is 9.72 Å². The largest absolute Gasteiger partial charge is 0.494 e. The number of rotatable bonds is 5. The monoisotopic (exact) mass is 459 g/mol. The van der Waals surface area contributed by atoms with Gasteiger partial charge in [0.15, 0.2) is 11.2 Å². The average molecular weight is 460 g/mol. The van der Waals surface area contributed by atoms with Crippen LogP contribution >= 0.6 is 0 Å². The Morgan fingerprint density at radius 1 is 1.03 bits per heavy atom. The van der Waals surface area contributed by atoms with Crippen LogP contribution in [0.5, 0.6) is 5.75 Å². The van der Waals surface area contributed by atoms with Gasteiger partial charge in [-0.05, 0) is 49.6 Å². The molecule has 8 heteroatoms. The molecule has 0 radical (unpaired) electrons. The molecule has 5 rings (SSSR count). The molecular formula is C26H29N5O3. The quantitative estimate of drug-likeness (QED) is 0.457. The van der Waals surface area contributed by atoms with Gasteiger partial charge in [-0.3, -0.25) is 13.9 Å². The number of aromatic nitrogens is 4. The van der Waals surface area contributed by atoms with E-state index in [0.29, 0.717) is 36.2 Å². The number of ether oxygens (including phenoxy) is 1. The smallest absolute Gasteiger partial charge is 0.332 e. The number of benzene rings is 2. The number of hydrogen-bond acceptors (Lipinski definition) is 5. The number of imidazole rings is 1. The Morgan fingerprint density at radius 2 is 1.74 bits per heavy atom. The van der Waals surface area contributed by atoms with Crippen LogP contribution in [-0.2, 0) is 20.1 Å². The number of hydrogen-bond donors (Lipinski definition) is 0. The molecule has 1 aliphatic rings. The Hall–Kier alpha value is -3.81. The third kappa shape index (κ3) is 3.69. The van der Waals surface area contributed by atoms with Gasteiger partial charge in [0.1, 0.15) is 5.75 Å².